The fourth-order valence-electron chi connectivity index (χ4n) is 2.69. The lowest BCUT2D eigenvalue weighted by Gasteiger charge is -2.12. The summed E-state index contributed by atoms with van der Waals surface area (Å²) in [5.41, 5.74) is 2.43. The zero-order chi connectivity index (χ0) is 18.9. The number of unbranched alkanes of at least 4 members (excludes halogenated alkanes) is 5. The van der Waals surface area contributed by atoms with E-state index in [4.69, 9.17) is 0 Å². The van der Waals surface area contributed by atoms with E-state index in [1.54, 1.807) is 6.08 Å². The molecular weight excluding hydrogens is 316 g/mol. The van der Waals surface area contributed by atoms with Gasteiger partial charge >= 0.3 is 0 Å². The second-order valence-electron chi connectivity index (χ2n) is 6.58. The highest BCUT2D eigenvalue weighted by molar-refractivity contribution is 5.48. The minimum absolute atomic E-state index is 0.878. The molecule has 0 unspecified atom stereocenters. The minimum atomic E-state index is 0.878. The van der Waals surface area contributed by atoms with Crippen LogP contribution in [0.2, 0.25) is 0 Å². The van der Waals surface area contributed by atoms with Gasteiger partial charge < -0.3 is 10.6 Å². The zero-order valence-corrected chi connectivity index (χ0v) is 16.5. The van der Waals surface area contributed by atoms with E-state index in [1.807, 2.05) is 12.2 Å². The van der Waals surface area contributed by atoms with Crippen molar-refractivity contribution < 1.29 is 0 Å². The van der Waals surface area contributed by atoms with Crippen LogP contribution < -0.4 is 10.6 Å². The fraction of sp³-hybridized carbons (Fsp3) is 0.417. The Morgan fingerprint density at radius 1 is 0.962 bits per heavy atom. The summed E-state index contributed by atoms with van der Waals surface area (Å²) >= 11 is 0. The molecule has 0 fully saturated rings. The van der Waals surface area contributed by atoms with Gasteiger partial charge in [-0.25, -0.2) is 0 Å². The van der Waals surface area contributed by atoms with Gasteiger partial charge in [0.15, 0.2) is 0 Å². The molecule has 1 aromatic carbocycles. The molecule has 0 radical (unpaired) electrons. The summed E-state index contributed by atoms with van der Waals surface area (Å²) in [6.07, 6.45) is 19.9. The van der Waals surface area contributed by atoms with Gasteiger partial charge in [0.2, 0.25) is 0 Å². The van der Waals surface area contributed by atoms with Crippen molar-refractivity contribution in [1.29, 1.82) is 0 Å². The molecule has 1 rings (SSSR count). The first-order valence-electron chi connectivity index (χ1n) is 9.99. The smallest absolute Gasteiger partial charge is 0.0957 e. The second kappa shape index (κ2) is 15.1. The molecule has 2 heteroatoms. The Kier molecular flexibility index (Phi) is 12.6. The SMILES string of the molecule is C=C/C=C\C=C/CCc1ccc(NC(=C)NCCCCCCCC)cc1. The number of allylic oxidation sites excluding steroid dienone is 5. The van der Waals surface area contributed by atoms with E-state index >= 15 is 0 Å². The normalized spacial score (nSPS) is 11.1. The Morgan fingerprint density at radius 2 is 1.69 bits per heavy atom. The average Bonchev–Trinajstić information content (AvgIpc) is 2.65. The van der Waals surface area contributed by atoms with Crippen molar-refractivity contribution in [3.05, 3.63) is 79.2 Å². The van der Waals surface area contributed by atoms with Crippen LogP contribution in [0.3, 0.4) is 0 Å². The molecule has 0 heterocycles. The van der Waals surface area contributed by atoms with Gasteiger partial charge in [0.1, 0.15) is 0 Å². The predicted molar refractivity (Wildman–Crippen MR) is 117 cm³/mol. The van der Waals surface area contributed by atoms with Crippen LogP contribution in [0.1, 0.15) is 57.4 Å². The van der Waals surface area contributed by atoms with Gasteiger partial charge in [0.05, 0.1) is 5.82 Å². The highest BCUT2D eigenvalue weighted by Crippen LogP contribution is 2.12. The molecule has 0 aliphatic carbocycles. The van der Waals surface area contributed by atoms with Gasteiger partial charge in [-0.05, 0) is 37.0 Å². The molecule has 1 aromatic rings. The maximum atomic E-state index is 4.06. The van der Waals surface area contributed by atoms with E-state index in [9.17, 15) is 0 Å². The van der Waals surface area contributed by atoms with E-state index in [0.717, 1.165) is 30.9 Å². The fourth-order valence-corrected chi connectivity index (χ4v) is 2.69. The minimum Gasteiger partial charge on any atom is -0.372 e. The van der Waals surface area contributed by atoms with Crippen LogP contribution in [0, 0.1) is 0 Å². The molecule has 2 nitrogen and oxygen atoms in total. The van der Waals surface area contributed by atoms with Crippen LogP contribution in [-0.4, -0.2) is 6.54 Å². The molecule has 142 valence electrons. The molecule has 0 aliphatic heterocycles. The first-order valence-corrected chi connectivity index (χ1v) is 9.99. The summed E-state index contributed by atoms with van der Waals surface area (Å²) in [6.45, 7) is 11.0. The van der Waals surface area contributed by atoms with E-state index in [2.05, 4.69) is 67.1 Å². The van der Waals surface area contributed by atoms with Gasteiger partial charge in [-0.1, -0.05) is 94.7 Å². The van der Waals surface area contributed by atoms with Gasteiger partial charge in [-0.3, -0.25) is 0 Å². The Balaban J connectivity index is 2.18. The lowest BCUT2D eigenvalue weighted by molar-refractivity contribution is 0.594. The molecule has 0 spiro atoms. The molecule has 0 amide bonds. The van der Waals surface area contributed by atoms with Crippen LogP contribution in [0.15, 0.2) is 73.6 Å². The quantitative estimate of drug-likeness (QED) is 0.269. The summed E-state index contributed by atoms with van der Waals surface area (Å²) in [7, 11) is 0. The molecule has 26 heavy (non-hydrogen) atoms. The Bertz CT molecular complexity index is 552. The molecule has 0 saturated heterocycles. The Hall–Kier alpha value is -2.22. The van der Waals surface area contributed by atoms with Crippen molar-refractivity contribution in [2.75, 3.05) is 11.9 Å². The van der Waals surface area contributed by atoms with E-state index in [-0.39, 0.29) is 0 Å². The lowest BCUT2D eigenvalue weighted by Crippen LogP contribution is -2.19. The van der Waals surface area contributed by atoms with Crippen molar-refractivity contribution in [3.8, 4) is 0 Å². The summed E-state index contributed by atoms with van der Waals surface area (Å²) in [5, 5.41) is 6.70. The Morgan fingerprint density at radius 3 is 2.42 bits per heavy atom. The van der Waals surface area contributed by atoms with Crippen LogP contribution in [0.25, 0.3) is 0 Å². The average molecular weight is 353 g/mol. The lowest BCUT2D eigenvalue weighted by atomic mass is 10.1. The maximum absolute atomic E-state index is 4.06. The first-order chi connectivity index (χ1) is 12.8. The number of anilines is 1. The number of rotatable bonds is 15. The van der Waals surface area contributed by atoms with Crippen molar-refractivity contribution in [1.82, 2.24) is 5.32 Å². The third kappa shape index (κ3) is 11.4. The van der Waals surface area contributed by atoms with Crippen molar-refractivity contribution in [2.45, 2.75) is 58.3 Å². The highest BCUT2D eigenvalue weighted by atomic mass is 15.1. The number of benzene rings is 1. The number of nitrogens with one attached hydrogen (secondary N) is 2. The molecule has 0 aromatic heterocycles. The van der Waals surface area contributed by atoms with Crippen LogP contribution in [0.4, 0.5) is 5.69 Å². The number of hydrogen-bond donors (Lipinski definition) is 2. The summed E-state index contributed by atoms with van der Waals surface area (Å²) in [5.74, 6) is 0.878. The number of aryl methyl sites for hydroxylation is 1. The third-order valence-corrected chi connectivity index (χ3v) is 4.21. The molecule has 0 saturated carbocycles. The van der Waals surface area contributed by atoms with E-state index in [0.29, 0.717) is 0 Å². The third-order valence-electron chi connectivity index (χ3n) is 4.21. The van der Waals surface area contributed by atoms with Crippen molar-refractivity contribution >= 4 is 5.69 Å². The molecule has 0 atom stereocenters. The largest absolute Gasteiger partial charge is 0.372 e. The van der Waals surface area contributed by atoms with Crippen LogP contribution in [0.5, 0.6) is 0 Å². The Labute approximate surface area is 160 Å². The van der Waals surface area contributed by atoms with Crippen LogP contribution >= 0.6 is 0 Å². The van der Waals surface area contributed by atoms with Crippen LogP contribution in [-0.2, 0) is 6.42 Å². The molecular formula is C24H36N2. The first kappa shape index (κ1) is 21.8. The second-order valence-corrected chi connectivity index (χ2v) is 6.58. The predicted octanol–water partition coefficient (Wildman–Crippen LogP) is 6.75. The van der Waals surface area contributed by atoms with Gasteiger partial charge in [-0.15, -0.1) is 0 Å². The van der Waals surface area contributed by atoms with E-state index in [1.165, 1.54) is 44.1 Å². The molecule has 2 N–H and O–H groups in total. The van der Waals surface area contributed by atoms with Gasteiger partial charge in [-0.2, -0.15) is 0 Å². The topological polar surface area (TPSA) is 24.1 Å². The summed E-state index contributed by atoms with van der Waals surface area (Å²) in [6, 6.07) is 8.59. The van der Waals surface area contributed by atoms with Gasteiger partial charge in [0.25, 0.3) is 0 Å². The van der Waals surface area contributed by atoms with E-state index < -0.39 is 0 Å². The monoisotopic (exact) mass is 352 g/mol. The summed E-state index contributed by atoms with van der Waals surface area (Å²) < 4.78 is 0. The van der Waals surface area contributed by atoms with Crippen molar-refractivity contribution in [3.63, 3.8) is 0 Å². The van der Waals surface area contributed by atoms with Gasteiger partial charge in [0, 0.05) is 12.2 Å². The summed E-state index contributed by atoms with van der Waals surface area (Å²) in [4.78, 5) is 0. The highest BCUT2D eigenvalue weighted by Gasteiger charge is 1.97. The zero-order valence-electron chi connectivity index (χ0n) is 16.5. The standard InChI is InChI=1S/C24H36N2/c1-4-6-8-10-12-14-16-23-17-19-24(20-18-23)26-22(3)25-21-15-13-11-9-7-5-2/h4,6,8,10,12,17-20,25-26H,1,3,5,7,9,11,13-16,21H2,2H3/b8-6-,12-10-. The maximum Gasteiger partial charge on any atom is 0.0957 e. The van der Waals surface area contributed by atoms with Crippen molar-refractivity contribution in [2.24, 2.45) is 0 Å². The molecule has 0 aliphatic rings. The number of hydrogen-bond acceptors (Lipinski definition) is 2. The molecule has 0 bridgehead atoms.